The largest absolute Gasteiger partial charge is 0.303 e. The highest BCUT2D eigenvalue weighted by atomic mass is 32.2. The van der Waals surface area contributed by atoms with Crippen LogP contribution < -0.4 is 4.90 Å². The van der Waals surface area contributed by atoms with Gasteiger partial charge in [-0.1, -0.05) is 49.2 Å². The first-order valence-electron chi connectivity index (χ1n) is 8.97. The number of amides is 1. The third-order valence-electron chi connectivity index (χ3n) is 4.70. The number of hydrogen-bond acceptors (Lipinski definition) is 5. The van der Waals surface area contributed by atoms with Crippen molar-refractivity contribution in [2.45, 2.75) is 50.2 Å². The molecule has 0 aliphatic heterocycles. The summed E-state index contributed by atoms with van der Waals surface area (Å²) in [6, 6.07) is 11.8. The third kappa shape index (κ3) is 4.25. The molecule has 1 aromatic heterocycles. The average Bonchev–Trinajstić information content (AvgIpc) is 3.06. The first-order valence-corrected chi connectivity index (χ1v) is 9.96. The van der Waals surface area contributed by atoms with Crippen molar-refractivity contribution < 1.29 is 4.79 Å². The van der Waals surface area contributed by atoms with Crippen LogP contribution in [0.1, 0.15) is 44.0 Å². The van der Waals surface area contributed by atoms with Crippen molar-refractivity contribution >= 4 is 23.4 Å². The van der Waals surface area contributed by atoms with Crippen LogP contribution in [-0.2, 0) is 4.79 Å². The fourth-order valence-corrected chi connectivity index (χ4v) is 4.34. The van der Waals surface area contributed by atoms with Crippen LogP contribution in [0.2, 0.25) is 0 Å². The molecule has 1 aliphatic carbocycles. The molecule has 136 valence electrons. The van der Waals surface area contributed by atoms with Crippen LogP contribution in [0.4, 0.5) is 5.69 Å². The number of anilines is 1. The monoisotopic (exact) mass is 369 g/mol. The first kappa shape index (κ1) is 18.5. The molecular weight excluding hydrogens is 346 g/mol. The Balaban J connectivity index is 1.70. The van der Waals surface area contributed by atoms with Crippen LogP contribution in [0, 0.1) is 18.3 Å². The second-order valence-electron chi connectivity index (χ2n) is 6.45. The molecule has 0 radical (unpaired) electrons. The van der Waals surface area contributed by atoms with Crippen LogP contribution in [0.15, 0.2) is 35.5 Å². The summed E-state index contributed by atoms with van der Waals surface area (Å²) in [4.78, 5) is 14.2. The van der Waals surface area contributed by atoms with Gasteiger partial charge in [0.15, 0.2) is 5.16 Å². The summed E-state index contributed by atoms with van der Waals surface area (Å²) in [5, 5.41) is 18.4. The molecule has 1 heterocycles. The molecule has 26 heavy (non-hydrogen) atoms. The van der Waals surface area contributed by atoms with Gasteiger partial charge in [0, 0.05) is 11.7 Å². The molecule has 0 saturated heterocycles. The molecule has 1 fully saturated rings. The van der Waals surface area contributed by atoms with Crippen LogP contribution >= 0.6 is 11.8 Å². The van der Waals surface area contributed by atoms with Crippen LogP contribution in [0.5, 0.6) is 0 Å². The van der Waals surface area contributed by atoms with E-state index in [1.54, 1.807) is 0 Å². The topological polar surface area (TPSA) is 74.8 Å². The smallest absolute Gasteiger partial charge is 0.238 e. The third-order valence-corrected chi connectivity index (χ3v) is 5.63. The standard InChI is InChI=1S/C19H23N5OS/c1-15-21-22-19(24(15)17-10-6-3-7-11-17)26-14-18(25)23(13-12-20)16-8-4-2-5-9-16/h2,4-5,8-9,17H,3,6-7,10-11,13-14H2,1H3. The fraction of sp³-hybridized carbons (Fsp3) is 0.474. The Morgan fingerprint density at radius 3 is 2.69 bits per heavy atom. The molecule has 1 amide bonds. The number of benzene rings is 1. The highest BCUT2D eigenvalue weighted by Gasteiger charge is 2.23. The summed E-state index contributed by atoms with van der Waals surface area (Å²) in [7, 11) is 0. The second kappa shape index (κ2) is 8.86. The quantitative estimate of drug-likeness (QED) is 0.573. The second-order valence-corrected chi connectivity index (χ2v) is 7.40. The fourth-order valence-electron chi connectivity index (χ4n) is 3.41. The molecule has 3 rings (SSSR count). The maximum Gasteiger partial charge on any atom is 0.238 e. The normalized spacial score (nSPS) is 14.8. The van der Waals surface area contributed by atoms with Crippen molar-refractivity contribution in [2.75, 3.05) is 17.2 Å². The van der Waals surface area contributed by atoms with E-state index < -0.39 is 0 Å². The molecular formula is C19H23N5OS. The van der Waals surface area contributed by atoms with Crippen molar-refractivity contribution in [2.24, 2.45) is 0 Å². The van der Waals surface area contributed by atoms with Gasteiger partial charge in [0.05, 0.1) is 11.8 Å². The lowest BCUT2D eigenvalue weighted by Crippen LogP contribution is -2.32. The number of rotatable bonds is 6. The Hall–Kier alpha value is -2.33. The number of aryl methyl sites for hydroxylation is 1. The van der Waals surface area contributed by atoms with Crippen molar-refractivity contribution in [1.82, 2.24) is 14.8 Å². The Kier molecular flexibility index (Phi) is 6.29. The number of thioether (sulfide) groups is 1. The molecule has 6 nitrogen and oxygen atoms in total. The summed E-state index contributed by atoms with van der Waals surface area (Å²) in [6.45, 7) is 2.01. The van der Waals surface area contributed by atoms with E-state index in [2.05, 4.69) is 20.8 Å². The minimum atomic E-state index is -0.0985. The Bertz CT molecular complexity index is 777. The van der Waals surface area contributed by atoms with E-state index in [4.69, 9.17) is 5.26 Å². The lowest BCUT2D eigenvalue weighted by atomic mass is 9.95. The lowest BCUT2D eigenvalue weighted by Gasteiger charge is -2.25. The van der Waals surface area contributed by atoms with Gasteiger partial charge in [-0.15, -0.1) is 10.2 Å². The first-order chi connectivity index (χ1) is 12.7. The van der Waals surface area contributed by atoms with E-state index in [1.165, 1.54) is 35.9 Å². The number of carbonyl (C=O) groups excluding carboxylic acids is 1. The van der Waals surface area contributed by atoms with Crippen LogP contribution in [0.3, 0.4) is 0 Å². The molecule has 7 heteroatoms. The van der Waals surface area contributed by atoms with Gasteiger partial charge < -0.3 is 4.57 Å². The Morgan fingerprint density at radius 1 is 1.27 bits per heavy atom. The van der Waals surface area contributed by atoms with Crippen LogP contribution in [-0.4, -0.2) is 33.0 Å². The zero-order valence-corrected chi connectivity index (χ0v) is 15.8. The van der Waals surface area contributed by atoms with E-state index in [0.717, 1.165) is 29.5 Å². The maximum atomic E-state index is 12.7. The zero-order valence-electron chi connectivity index (χ0n) is 15.0. The highest BCUT2D eigenvalue weighted by molar-refractivity contribution is 7.99. The SMILES string of the molecule is Cc1nnc(SCC(=O)N(CC#N)c2ccccc2)n1C1CCCCC1. The summed E-state index contributed by atoms with van der Waals surface area (Å²) in [5.41, 5.74) is 0.740. The molecule has 0 atom stereocenters. The number of nitriles is 1. The van der Waals surface area contributed by atoms with Crippen LogP contribution in [0.25, 0.3) is 0 Å². The van der Waals surface area contributed by atoms with Crippen molar-refractivity contribution in [3.63, 3.8) is 0 Å². The minimum Gasteiger partial charge on any atom is -0.303 e. The van der Waals surface area contributed by atoms with E-state index in [-0.39, 0.29) is 18.2 Å². The molecule has 1 aliphatic rings. The Labute approximate surface area is 158 Å². The van der Waals surface area contributed by atoms with Crippen molar-refractivity contribution in [3.05, 3.63) is 36.2 Å². The average molecular weight is 369 g/mol. The van der Waals surface area contributed by atoms with Gasteiger partial charge in [-0.05, 0) is 31.9 Å². The minimum absolute atomic E-state index is 0.0394. The van der Waals surface area contributed by atoms with E-state index in [0.29, 0.717) is 6.04 Å². The van der Waals surface area contributed by atoms with Gasteiger partial charge >= 0.3 is 0 Å². The molecule has 0 N–H and O–H groups in total. The van der Waals surface area contributed by atoms with Gasteiger partial charge in [-0.2, -0.15) is 5.26 Å². The number of aromatic nitrogens is 3. The molecule has 2 aromatic rings. The van der Waals surface area contributed by atoms with Gasteiger partial charge in [0.2, 0.25) is 5.91 Å². The van der Waals surface area contributed by atoms with Gasteiger partial charge in [-0.25, -0.2) is 0 Å². The molecule has 0 spiro atoms. The van der Waals surface area contributed by atoms with Gasteiger partial charge in [0.1, 0.15) is 12.4 Å². The maximum absolute atomic E-state index is 12.7. The number of para-hydroxylation sites is 1. The predicted molar refractivity (Wildman–Crippen MR) is 102 cm³/mol. The number of carbonyl (C=O) groups is 1. The van der Waals surface area contributed by atoms with E-state index in [1.807, 2.05) is 37.3 Å². The molecule has 1 aromatic carbocycles. The van der Waals surface area contributed by atoms with E-state index in [9.17, 15) is 4.79 Å². The highest BCUT2D eigenvalue weighted by Crippen LogP contribution is 2.32. The number of nitrogens with zero attached hydrogens (tertiary/aromatic N) is 5. The van der Waals surface area contributed by atoms with Crippen molar-refractivity contribution in [1.29, 1.82) is 5.26 Å². The molecule has 0 unspecified atom stereocenters. The summed E-state index contributed by atoms with van der Waals surface area (Å²) < 4.78 is 2.19. The number of hydrogen-bond donors (Lipinski definition) is 0. The zero-order chi connectivity index (χ0) is 18.4. The lowest BCUT2D eigenvalue weighted by molar-refractivity contribution is -0.116. The predicted octanol–water partition coefficient (Wildman–Crippen LogP) is 3.74. The van der Waals surface area contributed by atoms with Crippen molar-refractivity contribution in [3.8, 4) is 6.07 Å². The van der Waals surface area contributed by atoms with E-state index >= 15 is 0 Å². The Morgan fingerprint density at radius 2 is 2.00 bits per heavy atom. The summed E-state index contributed by atoms with van der Waals surface area (Å²) in [6.07, 6.45) is 6.04. The summed E-state index contributed by atoms with van der Waals surface area (Å²) in [5.74, 6) is 1.05. The molecule has 0 bridgehead atoms. The van der Waals surface area contributed by atoms with Gasteiger partial charge in [0.25, 0.3) is 0 Å². The van der Waals surface area contributed by atoms with Gasteiger partial charge in [-0.3, -0.25) is 9.69 Å². The summed E-state index contributed by atoms with van der Waals surface area (Å²) >= 11 is 1.41. The molecule has 1 saturated carbocycles.